The van der Waals surface area contributed by atoms with Gasteiger partial charge >= 0.3 is 0 Å². The molecule has 0 spiro atoms. The summed E-state index contributed by atoms with van der Waals surface area (Å²) in [7, 11) is 0. The van der Waals surface area contributed by atoms with E-state index in [1.54, 1.807) is 0 Å². The molecule has 0 saturated heterocycles. The highest BCUT2D eigenvalue weighted by molar-refractivity contribution is 5.64. The third kappa shape index (κ3) is 1.52. The van der Waals surface area contributed by atoms with Crippen LogP contribution in [0, 0.1) is 0 Å². The molecule has 0 amide bonds. The minimum atomic E-state index is 0.242. The van der Waals surface area contributed by atoms with E-state index in [0.717, 1.165) is 12.8 Å². The van der Waals surface area contributed by atoms with Crippen molar-refractivity contribution < 1.29 is 0 Å². The van der Waals surface area contributed by atoms with E-state index in [2.05, 4.69) is 34.3 Å². The number of rotatable bonds is 1. The van der Waals surface area contributed by atoms with E-state index < -0.39 is 0 Å². The molecule has 0 radical (unpaired) electrons. The second-order valence-corrected chi connectivity index (χ2v) is 2.97. The lowest BCUT2D eigenvalue weighted by Gasteiger charge is -2.17. The Morgan fingerprint density at radius 3 is 1.67 bits per heavy atom. The fraction of sp³-hybridized carbons (Fsp3) is 0.400. The van der Waals surface area contributed by atoms with Crippen molar-refractivity contribution in [1.29, 1.82) is 0 Å². The van der Waals surface area contributed by atoms with Gasteiger partial charge < -0.3 is 0 Å². The van der Waals surface area contributed by atoms with Gasteiger partial charge in [0.15, 0.2) is 0 Å². The lowest BCUT2D eigenvalue weighted by molar-refractivity contribution is 0.700. The number of hydrogen-bond acceptors (Lipinski definition) is 2. The summed E-state index contributed by atoms with van der Waals surface area (Å²) in [5.74, 6) is 0. The second kappa shape index (κ2) is 3.48. The molecule has 12 heavy (non-hydrogen) atoms. The smallest absolute Gasteiger partial charge is 0.0935 e. The van der Waals surface area contributed by atoms with Crippen LogP contribution in [0.15, 0.2) is 34.3 Å². The summed E-state index contributed by atoms with van der Waals surface area (Å²) in [5, 5.41) is 0. The fourth-order valence-electron chi connectivity index (χ4n) is 1.43. The number of aliphatic imine (C=N–C) groups is 2. The van der Waals surface area contributed by atoms with Crippen LogP contribution in [0.3, 0.4) is 0 Å². The van der Waals surface area contributed by atoms with E-state index in [1.165, 1.54) is 0 Å². The normalized spacial score (nSPS) is 32.7. The number of nitrogens with zero attached hydrogens (tertiary/aromatic N) is 2. The molecule has 2 heterocycles. The third-order valence-corrected chi connectivity index (χ3v) is 2.05. The first-order valence-corrected chi connectivity index (χ1v) is 4.33. The molecule has 62 valence electrons. The van der Waals surface area contributed by atoms with Crippen LogP contribution < -0.4 is 0 Å². The Balaban J connectivity index is 2.07. The van der Waals surface area contributed by atoms with Gasteiger partial charge in [-0.3, -0.25) is 9.98 Å². The Bertz CT molecular complexity index is 209. The first-order valence-electron chi connectivity index (χ1n) is 4.33. The summed E-state index contributed by atoms with van der Waals surface area (Å²) >= 11 is 0. The Hall–Kier alpha value is -1.18. The molecular weight excluding hydrogens is 148 g/mol. The van der Waals surface area contributed by atoms with Crippen LogP contribution in [0.2, 0.25) is 0 Å². The summed E-state index contributed by atoms with van der Waals surface area (Å²) in [6, 6.07) is 0.484. The molecule has 2 heteroatoms. The summed E-state index contributed by atoms with van der Waals surface area (Å²) in [5.41, 5.74) is 0. The highest BCUT2D eigenvalue weighted by Gasteiger charge is 2.15. The maximum atomic E-state index is 4.38. The maximum absolute atomic E-state index is 4.38. The molecule has 2 unspecified atom stereocenters. The van der Waals surface area contributed by atoms with Gasteiger partial charge in [-0.15, -0.1) is 0 Å². The van der Waals surface area contributed by atoms with Gasteiger partial charge in [-0.2, -0.15) is 0 Å². The van der Waals surface area contributed by atoms with Crippen LogP contribution in [-0.2, 0) is 0 Å². The molecule has 0 aromatic heterocycles. The molecule has 0 N–H and O–H groups in total. The van der Waals surface area contributed by atoms with Crippen molar-refractivity contribution in [3.63, 3.8) is 0 Å². The second-order valence-electron chi connectivity index (χ2n) is 2.97. The topological polar surface area (TPSA) is 24.7 Å². The minimum Gasteiger partial charge on any atom is -0.287 e. The highest BCUT2D eigenvalue weighted by atomic mass is 14.9. The van der Waals surface area contributed by atoms with Crippen molar-refractivity contribution >= 4 is 12.4 Å². The average Bonchev–Trinajstić information content (AvgIpc) is 2.21. The predicted molar refractivity (Wildman–Crippen MR) is 52.1 cm³/mol. The molecule has 0 aromatic carbocycles. The maximum Gasteiger partial charge on any atom is 0.0935 e. The zero-order valence-electron chi connectivity index (χ0n) is 6.93. The van der Waals surface area contributed by atoms with Crippen LogP contribution in [0.1, 0.15) is 12.8 Å². The van der Waals surface area contributed by atoms with Gasteiger partial charge in [0.1, 0.15) is 0 Å². The molecular formula is C10H12N2. The molecule has 0 fully saturated rings. The first kappa shape index (κ1) is 7.47. The Kier molecular flexibility index (Phi) is 2.16. The summed E-state index contributed by atoms with van der Waals surface area (Å²) in [4.78, 5) is 8.75. The van der Waals surface area contributed by atoms with Crippen LogP contribution in [0.4, 0.5) is 0 Å². The Morgan fingerprint density at radius 1 is 0.833 bits per heavy atom. The van der Waals surface area contributed by atoms with Gasteiger partial charge in [0.25, 0.3) is 0 Å². The first-order chi connectivity index (χ1) is 5.97. The van der Waals surface area contributed by atoms with Crippen molar-refractivity contribution in [2.45, 2.75) is 24.9 Å². The molecule has 2 atom stereocenters. The molecule has 2 aliphatic rings. The van der Waals surface area contributed by atoms with Crippen molar-refractivity contribution in [2.24, 2.45) is 9.98 Å². The van der Waals surface area contributed by atoms with E-state index in [0.29, 0.717) is 0 Å². The summed E-state index contributed by atoms with van der Waals surface area (Å²) < 4.78 is 0. The van der Waals surface area contributed by atoms with Gasteiger partial charge in [0, 0.05) is 25.3 Å². The molecule has 0 saturated carbocycles. The highest BCUT2D eigenvalue weighted by Crippen LogP contribution is 2.13. The van der Waals surface area contributed by atoms with Gasteiger partial charge in [0.2, 0.25) is 0 Å². The largest absolute Gasteiger partial charge is 0.287 e. The SMILES string of the molecule is C1=CC(C2C=CCC=N2)N=CC1. The lowest BCUT2D eigenvalue weighted by atomic mass is 10.0. The molecule has 0 aromatic rings. The molecule has 2 nitrogen and oxygen atoms in total. The van der Waals surface area contributed by atoms with E-state index in [1.807, 2.05) is 12.4 Å². The fourth-order valence-corrected chi connectivity index (χ4v) is 1.43. The molecule has 0 aliphatic carbocycles. The van der Waals surface area contributed by atoms with E-state index in [9.17, 15) is 0 Å². The molecule has 2 rings (SSSR count). The van der Waals surface area contributed by atoms with Crippen molar-refractivity contribution in [3.05, 3.63) is 24.3 Å². The van der Waals surface area contributed by atoms with Crippen molar-refractivity contribution in [1.82, 2.24) is 0 Å². The van der Waals surface area contributed by atoms with Gasteiger partial charge in [-0.05, 0) is 0 Å². The van der Waals surface area contributed by atoms with Crippen molar-refractivity contribution in [2.75, 3.05) is 0 Å². The lowest BCUT2D eigenvalue weighted by Crippen LogP contribution is -2.21. The van der Waals surface area contributed by atoms with E-state index in [4.69, 9.17) is 0 Å². The van der Waals surface area contributed by atoms with Crippen LogP contribution in [0.25, 0.3) is 0 Å². The summed E-state index contributed by atoms with van der Waals surface area (Å²) in [6.45, 7) is 0. The Labute approximate surface area is 72.4 Å². The minimum absolute atomic E-state index is 0.242. The average molecular weight is 160 g/mol. The monoisotopic (exact) mass is 160 g/mol. The van der Waals surface area contributed by atoms with Crippen LogP contribution in [0.5, 0.6) is 0 Å². The van der Waals surface area contributed by atoms with Crippen molar-refractivity contribution in [3.8, 4) is 0 Å². The third-order valence-electron chi connectivity index (χ3n) is 2.05. The molecule has 0 bridgehead atoms. The zero-order chi connectivity index (χ0) is 8.23. The summed E-state index contributed by atoms with van der Waals surface area (Å²) in [6.07, 6.45) is 14.4. The van der Waals surface area contributed by atoms with Crippen LogP contribution >= 0.6 is 0 Å². The van der Waals surface area contributed by atoms with Crippen LogP contribution in [-0.4, -0.2) is 24.5 Å². The standard InChI is InChI=1S/C10H12N2/c1-3-7-11-9(5-1)10-6-2-4-8-12-10/h1-2,5-10H,3-4H2. The predicted octanol–water partition coefficient (Wildman–Crippen LogP) is 1.78. The Morgan fingerprint density at radius 2 is 1.33 bits per heavy atom. The van der Waals surface area contributed by atoms with E-state index >= 15 is 0 Å². The van der Waals surface area contributed by atoms with E-state index in [-0.39, 0.29) is 12.1 Å². The number of allylic oxidation sites excluding steroid dienone is 2. The number of hydrogen-bond donors (Lipinski definition) is 0. The zero-order valence-corrected chi connectivity index (χ0v) is 6.93. The molecule has 2 aliphatic heterocycles. The quantitative estimate of drug-likeness (QED) is 0.522. The van der Waals surface area contributed by atoms with Gasteiger partial charge in [-0.25, -0.2) is 0 Å². The van der Waals surface area contributed by atoms with Gasteiger partial charge in [-0.1, -0.05) is 24.3 Å². The number of dihydropyridines is 2. The van der Waals surface area contributed by atoms with Gasteiger partial charge in [0.05, 0.1) is 12.1 Å².